The van der Waals surface area contributed by atoms with Crippen LogP contribution in [0.5, 0.6) is 5.75 Å². The van der Waals surface area contributed by atoms with Gasteiger partial charge in [0.1, 0.15) is 11.6 Å². The molecule has 0 radical (unpaired) electrons. The summed E-state index contributed by atoms with van der Waals surface area (Å²) in [5.41, 5.74) is 1.10. The molecule has 0 aliphatic carbocycles. The number of hydrogen-bond acceptors (Lipinski definition) is 5. The first kappa shape index (κ1) is 14.2. The smallest absolute Gasteiger partial charge is 0.196 e. The molecule has 0 atom stereocenters. The molecule has 116 valence electrons. The molecule has 2 heterocycles. The Bertz CT molecular complexity index is 991. The zero-order valence-electron chi connectivity index (χ0n) is 12.8. The number of benzene rings is 2. The summed E-state index contributed by atoms with van der Waals surface area (Å²) in [6, 6.07) is 11.6. The normalized spacial score (nSPS) is 14.0. The largest absolute Gasteiger partial charge is 0.494 e. The van der Waals surface area contributed by atoms with Gasteiger partial charge in [0.05, 0.1) is 13.2 Å². The van der Waals surface area contributed by atoms with E-state index in [-0.39, 0.29) is 5.43 Å². The molecule has 0 saturated carbocycles. The van der Waals surface area contributed by atoms with Crippen LogP contribution in [0.4, 0.5) is 0 Å². The second-order valence-corrected chi connectivity index (χ2v) is 6.47. The van der Waals surface area contributed by atoms with Crippen LogP contribution in [0.15, 0.2) is 46.2 Å². The van der Waals surface area contributed by atoms with Crippen LogP contribution in [-0.4, -0.2) is 25.5 Å². The molecule has 4 rings (SSSR count). The molecule has 0 amide bonds. The number of nitrogens with one attached hydrogen (secondary N) is 1. The van der Waals surface area contributed by atoms with Gasteiger partial charge in [-0.3, -0.25) is 9.79 Å². The van der Waals surface area contributed by atoms with Crippen molar-refractivity contribution >= 4 is 37.3 Å². The lowest BCUT2D eigenvalue weighted by molar-refractivity contribution is 0.341. The molecule has 3 aromatic rings. The number of nitrogens with zero attached hydrogens (tertiary/aromatic N) is 1. The van der Waals surface area contributed by atoms with E-state index in [0.29, 0.717) is 6.61 Å². The molecular formula is C18H16N2O2S. The van der Waals surface area contributed by atoms with Crippen molar-refractivity contribution in [3.05, 3.63) is 52.2 Å². The third-order valence-electron chi connectivity index (χ3n) is 3.90. The molecule has 0 fully saturated rings. The van der Waals surface area contributed by atoms with Crippen molar-refractivity contribution < 1.29 is 4.74 Å². The predicted octanol–water partition coefficient (Wildman–Crippen LogP) is 3.16. The lowest BCUT2D eigenvalue weighted by atomic mass is 10.1. The van der Waals surface area contributed by atoms with Gasteiger partial charge in [-0.2, -0.15) is 0 Å². The molecule has 23 heavy (non-hydrogen) atoms. The average molecular weight is 324 g/mol. The van der Waals surface area contributed by atoms with Crippen LogP contribution in [0.3, 0.4) is 0 Å². The monoisotopic (exact) mass is 324 g/mol. The first-order chi connectivity index (χ1) is 11.3. The lowest BCUT2D eigenvalue weighted by Gasteiger charge is -2.07. The first-order valence-electron chi connectivity index (χ1n) is 7.68. The summed E-state index contributed by atoms with van der Waals surface area (Å²) < 4.78 is 7.47. The first-order valence-corrected chi connectivity index (χ1v) is 8.50. The van der Waals surface area contributed by atoms with Crippen LogP contribution in [0.2, 0.25) is 0 Å². The molecule has 2 aromatic carbocycles. The minimum Gasteiger partial charge on any atom is -0.494 e. The van der Waals surface area contributed by atoms with E-state index in [1.807, 2.05) is 37.3 Å². The van der Waals surface area contributed by atoms with Crippen molar-refractivity contribution in [2.75, 3.05) is 19.7 Å². The molecule has 1 N–H and O–H groups in total. The van der Waals surface area contributed by atoms with Gasteiger partial charge in [0.2, 0.25) is 0 Å². The second kappa shape index (κ2) is 5.66. The van der Waals surface area contributed by atoms with E-state index in [4.69, 9.17) is 4.74 Å². The highest BCUT2D eigenvalue weighted by Crippen LogP contribution is 2.28. The molecule has 5 heteroatoms. The Morgan fingerprint density at radius 3 is 2.87 bits per heavy atom. The van der Waals surface area contributed by atoms with Crippen molar-refractivity contribution in [1.29, 1.82) is 0 Å². The molecule has 0 spiro atoms. The summed E-state index contributed by atoms with van der Waals surface area (Å²) in [4.78, 5) is 17.2. The van der Waals surface area contributed by atoms with Crippen LogP contribution in [-0.2, 0) is 0 Å². The third-order valence-corrected chi connectivity index (χ3v) is 5.03. The van der Waals surface area contributed by atoms with Crippen LogP contribution in [0.1, 0.15) is 12.5 Å². The van der Waals surface area contributed by atoms with Crippen molar-refractivity contribution in [1.82, 2.24) is 5.32 Å². The Morgan fingerprint density at radius 1 is 1.17 bits per heavy atom. The fourth-order valence-corrected chi connectivity index (χ4v) is 3.92. The molecule has 0 unspecified atom stereocenters. The maximum absolute atomic E-state index is 12.8. The average Bonchev–Trinajstić information content (AvgIpc) is 3.10. The number of amidine groups is 1. The van der Waals surface area contributed by atoms with E-state index < -0.39 is 0 Å². The molecule has 0 bridgehead atoms. The van der Waals surface area contributed by atoms with Crippen LogP contribution >= 0.6 is 11.3 Å². The number of fused-ring (bicyclic) bond motifs is 2. The maximum atomic E-state index is 12.8. The third kappa shape index (κ3) is 2.47. The van der Waals surface area contributed by atoms with Gasteiger partial charge < -0.3 is 10.1 Å². The van der Waals surface area contributed by atoms with Crippen molar-refractivity contribution in [3.8, 4) is 5.75 Å². The van der Waals surface area contributed by atoms with E-state index in [1.165, 1.54) is 0 Å². The second-order valence-electron chi connectivity index (χ2n) is 5.39. The molecule has 1 aliphatic rings. The number of rotatable bonds is 3. The summed E-state index contributed by atoms with van der Waals surface area (Å²) in [6.07, 6.45) is 0. The van der Waals surface area contributed by atoms with Crippen molar-refractivity contribution in [2.24, 2.45) is 4.99 Å². The van der Waals surface area contributed by atoms with Gasteiger partial charge in [0.25, 0.3) is 0 Å². The van der Waals surface area contributed by atoms with Gasteiger partial charge in [0, 0.05) is 32.3 Å². The lowest BCUT2D eigenvalue weighted by Crippen LogP contribution is -2.19. The van der Waals surface area contributed by atoms with Crippen LogP contribution < -0.4 is 15.5 Å². The number of ether oxygens (including phenoxy) is 1. The zero-order chi connectivity index (χ0) is 15.8. The minimum absolute atomic E-state index is 0.0585. The summed E-state index contributed by atoms with van der Waals surface area (Å²) in [5.74, 6) is 1.66. The topological polar surface area (TPSA) is 50.7 Å². The number of hydrogen-bond donors (Lipinski definition) is 1. The standard InChI is InChI=1S/C18H16N2O2S/c1-2-22-12-4-6-15-14(10-12)17(21)13-5-3-11(9-16(13)23-15)18-19-7-8-20-18/h3-6,9-10H,2,7-8H2,1H3,(H,19,20). The van der Waals surface area contributed by atoms with Gasteiger partial charge >= 0.3 is 0 Å². The highest BCUT2D eigenvalue weighted by Gasteiger charge is 2.12. The van der Waals surface area contributed by atoms with Gasteiger partial charge in [-0.05, 0) is 37.3 Å². The Balaban J connectivity index is 1.92. The van der Waals surface area contributed by atoms with Gasteiger partial charge in [-0.25, -0.2) is 0 Å². The minimum atomic E-state index is 0.0585. The van der Waals surface area contributed by atoms with Crippen molar-refractivity contribution in [2.45, 2.75) is 6.92 Å². The highest BCUT2D eigenvalue weighted by molar-refractivity contribution is 7.24. The highest BCUT2D eigenvalue weighted by atomic mass is 32.1. The van der Waals surface area contributed by atoms with Crippen LogP contribution in [0.25, 0.3) is 20.2 Å². The summed E-state index contributed by atoms with van der Waals surface area (Å²) >= 11 is 1.63. The molecule has 0 saturated heterocycles. The predicted molar refractivity (Wildman–Crippen MR) is 96.2 cm³/mol. The summed E-state index contributed by atoms with van der Waals surface area (Å²) in [7, 11) is 0. The molecule has 1 aromatic heterocycles. The summed E-state index contributed by atoms with van der Waals surface area (Å²) in [5, 5.41) is 4.74. The zero-order valence-corrected chi connectivity index (χ0v) is 13.6. The van der Waals surface area contributed by atoms with Crippen molar-refractivity contribution in [3.63, 3.8) is 0 Å². The Morgan fingerprint density at radius 2 is 2.09 bits per heavy atom. The Hall–Kier alpha value is -2.40. The summed E-state index contributed by atoms with van der Waals surface area (Å²) in [6.45, 7) is 4.21. The molecule has 1 aliphatic heterocycles. The quantitative estimate of drug-likeness (QED) is 0.753. The fourth-order valence-electron chi connectivity index (χ4n) is 2.83. The van der Waals surface area contributed by atoms with Gasteiger partial charge in [-0.15, -0.1) is 11.3 Å². The van der Waals surface area contributed by atoms with Gasteiger partial charge in [-0.1, -0.05) is 6.07 Å². The van der Waals surface area contributed by atoms with E-state index in [2.05, 4.69) is 16.4 Å². The van der Waals surface area contributed by atoms with E-state index in [0.717, 1.165) is 50.4 Å². The fraction of sp³-hybridized carbons (Fsp3) is 0.222. The van der Waals surface area contributed by atoms with Crippen LogP contribution in [0, 0.1) is 0 Å². The van der Waals surface area contributed by atoms with E-state index >= 15 is 0 Å². The molecule has 4 nitrogen and oxygen atoms in total. The van der Waals surface area contributed by atoms with Gasteiger partial charge in [0.15, 0.2) is 5.43 Å². The number of aliphatic imine (C=N–C) groups is 1. The maximum Gasteiger partial charge on any atom is 0.196 e. The van der Waals surface area contributed by atoms with E-state index in [9.17, 15) is 4.79 Å². The Kier molecular flexibility index (Phi) is 3.50. The van der Waals surface area contributed by atoms with E-state index in [1.54, 1.807) is 11.3 Å². The SMILES string of the molecule is CCOc1ccc2sc3cc(C4=NCCN4)ccc3c(=O)c2c1. The Labute approximate surface area is 137 Å². The molecular weight excluding hydrogens is 308 g/mol.